The van der Waals surface area contributed by atoms with Gasteiger partial charge in [0.1, 0.15) is 0 Å². The Morgan fingerprint density at radius 2 is 1.62 bits per heavy atom. The Bertz CT molecular complexity index is 1170. The highest BCUT2D eigenvalue weighted by molar-refractivity contribution is 5.82. The van der Waals surface area contributed by atoms with Crippen molar-refractivity contribution in [2.45, 2.75) is 37.7 Å². The van der Waals surface area contributed by atoms with Crippen LogP contribution in [0.1, 0.15) is 54.4 Å². The minimum atomic E-state index is -1.07. The molecule has 3 N–H and O–H groups in total. The second-order valence-corrected chi connectivity index (χ2v) is 10.6. The Morgan fingerprint density at radius 3 is 2.23 bits per heavy atom. The monoisotopic (exact) mass is 556 g/mol. The lowest BCUT2D eigenvalue weighted by Gasteiger charge is -2.41. The molecule has 0 spiro atoms. The van der Waals surface area contributed by atoms with Gasteiger partial charge in [-0.3, -0.25) is 4.79 Å². The summed E-state index contributed by atoms with van der Waals surface area (Å²) in [6.07, 6.45) is 3.48. The van der Waals surface area contributed by atoms with E-state index in [1.807, 2.05) is 18.2 Å². The second-order valence-electron chi connectivity index (χ2n) is 10.6. The number of ether oxygens (including phenoxy) is 5. The lowest BCUT2D eigenvalue weighted by atomic mass is 9.64. The number of benzene rings is 2. The summed E-state index contributed by atoms with van der Waals surface area (Å²) in [4.78, 5) is 16.4. The van der Waals surface area contributed by atoms with Crippen LogP contribution in [0.4, 0.5) is 0 Å². The molecule has 2 aromatic carbocycles. The Labute approximate surface area is 235 Å². The largest absolute Gasteiger partial charge is 0.493 e. The number of nitrogens with one attached hydrogen (secondary N) is 1. The van der Waals surface area contributed by atoms with E-state index in [4.69, 9.17) is 23.7 Å². The number of carbonyl (C=O) groups excluding carboxylic acids is 1. The van der Waals surface area contributed by atoms with E-state index in [0.717, 1.165) is 37.2 Å². The molecule has 2 aliphatic heterocycles. The first-order chi connectivity index (χ1) is 19.5. The molecule has 218 valence electrons. The number of aliphatic hydroxyl groups is 2. The minimum absolute atomic E-state index is 0.0769. The average Bonchev–Trinajstić information content (AvgIpc) is 3.45. The van der Waals surface area contributed by atoms with Crippen LogP contribution in [0, 0.1) is 11.8 Å². The van der Waals surface area contributed by atoms with Crippen LogP contribution in [0.15, 0.2) is 24.3 Å². The number of piperidine rings is 1. The van der Waals surface area contributed by atoms with Crippen LogP contribution in [0.2, 0.25) is 0 Å². The number of nitrogens with zero attached hydrogens (tertiary/aromatic N) is 1. The van der Waals surface area contributed by atoms with Gasteiger partial charge in [-0.25, -0.2) is 0 Å². The normalized spacial score (nSPS) is 23.8. The summed E-state index contributed by atoms with van der Waals surface area (Å²) in [7, 11) is 4.62. The van der Waals surface area contributed by atoms with Gasteiger partial charge in [0.2, 0.25) is 18.4 Å². The van der Waals surface area contributed by atoms with Crippen LogP contribution >= 0.6 is 0 Å². The van der Waals surface area contributed by atoms with Crippen molar-refractivity contribution in [2.24, 2.45) is 11.8 Å². The van der Waals surface area contributed by atoms with Crippen molar-refractivity contribution >= 4 is 5.91 Å². The molecule has 1 fully saturated rings. The lowest BCUT2D eigenvalue weighted by Crippen LogP contribution is -2.46. The third-order valence-corrected chi connectivity index (χ3v) is 8.42. The van der Waals surface area contributed by atoms with E-state index >= 15 is 0 Å². The molecule has 0 radical (unpaired) electrons. The molecule has 0 unspecified atom stereocenters. The highest BCUT2D eigenvalue weighted by atomic mass is 16.7. The molecule has 1 amide bonds. The quantitative estimate of drug-likeness (QED) is 0.380. The molecular formula is C30H40N2O8. The van der Waals surface area contributed by atoms with Gasteiger partial charge in [0, 0.05) is 25.0 Å². The van der Waals surface area contributed by atoms with E-state index in [-0.39, 0.29) is 19.3 Å². The van der Waals surface area contributed by atoms with Crippen molar-refractivity contribution in [3.05, 3.63) is 41.0 Å². The van der Waals surface area contributed by atoms with Crippen LogP contribution in [0.25, 0.3) is 0 Å². The first-order valence-electron chi connectivity index (χ1n) is 14.0. The molecule has 10 nitrogen and oxygen atoms in total. The summed E-state index contributed by atoms with van der Waals surface area (Å²) in [5, 5.41) is 25.1. The fourth-order valence-corrected chi connectivity index (χ4v) is 6.41. The number of carbonyl (C=O) groups is 1. The minimum Gasteiger partial charge on any atom is -0.493 e. The molecule has 4 atom stereocenters. The highest BCUT2D eigenvalue weighted by Crippen LogP contribution is 2.53. The zero-order chi connectivity index (χ0) is 28.2. The van der Waals surface area contributed by atoms with E-state index in [1.165, 1.54) is 26.4 Å². The van der Waals surface area contributed by atoms with Crippen LogP contribution in [-0.2, 0) is 4.79 Å². The van der Waals surface area contributed by atoms with E-state index in [1.54, 1.807) is 20.3 Å². The van der Waals surface area contributed by atoms with Gasteiger partial charge in [-0.2, -0.15) is 0 Å². The van der Waals surface area contributed by atoms with Gasteiger partial charge in [-0.15, -0.1) is 0 Å². The smallest absolute Gasteiger partial charge is 0.231 e. The van der Waals surface area contributed by atoms with Gasteiger partial charge in [0.25, 0.3) is 0 Å². The summed E-state index contributed by atoms with van der Waals surface area (Å²) in [5.74, 6) is 0.126. The molecule has 1 saturated heterocycles. The average molecular weight is 557 g/mol. The maximum absolute atomic E-state index is 13.9. The van der Waals surface area contributed by atoms with Crippen molar-refractivity contribution in [2.75, 3.05) is 60.9 Å². The van der Waals surface area contributed by atoms with Gasteiger partial charge in [-0.1, -0.05) is 6.42 Å². The molecule has 10 heteroatoms. The SMILES string of the molecule is COc1cc([C@@H]2c3cc4c(cc3[C@H](O)[C@@H](CO)[C@@H]2C(=O)NCCCN2CCCCC2)OCO4)cc(OC)c1OC. The van der Waals surface area contributed by atoms with Gasteiger partial charge >= 0.3 is 0 Å². The topological polar surface area (TPSA) is 119 Å². The zero-order valence-electron chi connectivity index (χ0n) is 23.5. The molecule has 0 aromatic heterocycles. The van der Waals surface area contributed by atoms with E-state index in [9.17, 15) is 15.0 Å². The molecule has 5 rings (SSSR count). The van der Waals surface area contributed by atoms with E-state index < -0.39 is 23.9 Å². The number of hydrogen-bond donors (Lipinski definition) is 3. The second kappa shape index (κ2) is 12.5. The molecular weight excluding hydrogens is 516 g/mol. The fourth-order valence-electron chi connectivity index (χ4n) is 6.41. The molecule has 40 heavy (non-hydrogen) atoms. The van der Waals surface area contributed by atoms with Crippen molar-refractivity contribution < 1.29 is 38.7 Å². The first-order valence-corrected chi connectivity index (χ1v) is 14.0. The fraction of sp³-hybridized carbons (Fsp3) is 0.567. The molecule has 2 heterocycles. The van der Waals surface area contributed by atoms with Crippen LogP contribution in [0.3, 0.4) is 0 Å². The third-order valence-electron chi connectivity index (χ3n) is 8.42. The van der Waals surface area contributed by atoms with Crippen molar-refractivity contribution in [3.8, 4) is 28.7 Å². The number of aliphatic hydroxyl groups excluding tert-OH is 2. The van der Waals surface area contributed by atoms with Gasteiger partial charge in [0.15, 0.2) is 23.0 Å². The number of methoxy groups -OCH3 is 3. The standard InChI is InChI=1S/C30H40N2O8/c1-36-24-12-18(13-25(37-2)29(24)38-3)26-19-14-22-23(40-17-39-22)15-20(19)28(34)21(16-33)27(26)30(35)31-8-7-11-32-9-5-4-6-10-32/h12-15,21,26-28,33-34H,4-11,16-17H2,1-3H3,(H,31,35)/t21-,26+,27-,28-/m0/s1. The maximum atomic E-state index is 13.9. The molecule has 3 aliphatic rings. The number of rotatable bonds is 10. The third kappa shape index (κ3) is 5.40. The van der Waals surface area contributed by atoms with Crippen molar-refractivity contribution in [3.63, 3.8) is 0 Å². The van der Waals surface area contributed by atoms with Gasteiger partial charge in [0.05, 0.1) is 33.4 Å². The maximum Gasteiger partial charge on any atom is 0.231 e. The molecule has 0 saturated carbocycles. The first kappa shape index (κ1) is 28.3. The van der Waals surface area contributed by atoms with E-state index in [0.29, 0.717) is 40.9 Å². The molecule has 1 aliphatic carbocycles. The van der Waals surface area contributed by atoms with Crippen LogP contribution in [-0.4, -0.2) is 81.9 Å². The van der Waals surface area contributed by atoms with Crippen LogP contribution < -0.4 is 29.0 Å². The summed E-state index contributed by atoms with van der Waals surface area (Å²) >= 11 is 0. The van der Waals surface area contributed by atoms with Gasteiger partial charge < -0.3 is 44.1 Å². The Hall–Kier alpha value is -3.21. The predicted octanol–water partition coefficient (Wildman–Crippen LogP) is 2.84. The van der Waals surface area contributed by atoms with Crippen molar-refractivity contribution in [1.29, 1.82) is 0 Å². The van der Waals surface area contributed by atoms with E-state index in [2.05, 4.69) is 10.2 Å². The number of hydrogen-bond acceptors (Lipinski definition) is 9. The summed E-state index contributed by atoms with van der Waals surface area (Å²) in [5.41, 5.74) is 2.05. The van der Waals surface area contributed by atoms with Gasteiger partial charge in [-0.05, 0) is 79.9 Å². The highest BCUT2D eigenvalue weighted by Gasteiger charge is 2.47. The molecule has 2 aromatic rings. The Balaban J connectivity index is 1.52. The molecule has 0 bridgehead atoms. The summed E-state index contributed by atoms with van der Waals surface area (Å²) < 4.78 is 28.0. The number of likely N-dealkylation sites (tertiary alicyclic amines) is 1. The summed E-state index contributed by atoms with van der Waals surface area (Å²) in [6.45, 7) is 3.35. The van der Waals surface area contributed by atoms with Crippen molar-refractivity contribution in [1.82, 2.24) is 10.2 Å². The zero-order valence-corrected chi connectivity index (χ0v) is 23.5. The number of amides is 1. The van der Waals surface area contributed by atoms with Crippen LogP contribution in [0.5, 0.6) is 28.7 Å². The number of fused-ring (bicyclic) bond motifs is 2. The Morgan fingerprint density at radius 1 is 0.975 bits per heavy atom. The predicted molar refractivity (Wildman–Crippen MR) is 147 cm³/mol. The Kier molecular flexibility index (Phi) is 8.87. The summed E-state index contributed by atoms with van der Waals surface area (Å²) in [6, 6.07) is 7.23. The lowest BCUT2D eigenvalue weighted by molar-refractivity contribution is -0.131.